The summed E-state index contributed by atoms with van der Waals surface area (Å²) in [6.07, 6.45) is 1.16. The lowest BCUT2D eigenvalue weighted by Gasteiger charge is -2.07. The van der Waals surface area contributed by atoms with Gasteiger partial charge in [-0.05, 0) is 46.5 Å². The molecule has 2 rings (SSSR count). The van der Waals surface area contributed by atoms with Crippen LogP contribution in [0, 0.1) is 5.82 Å². The average Bonchev–Trinajstić information content (AvgIpc) is 2.97. The molecule has 1 amide bonds. The molecule has 0 saturated carbocycles. The molecule has 0 aliphatic rings. The predicted molar refractivity (Wildman–Crippen MR) is 76.8 cm³/mol. The van der Waals surface area contributed by atoms with Crippen LogP contribution in [0.1, 0.15) is 23.1 Å². The number of aliphatic hydroxyl groups is 1. The lowest BCUT2D eigenvalue weighted by molar-refractivity contribution is -0.121. The van der Waals surface area contributed by atoms with Gasteiger partial charge in [-0.1, -0.05) is 6.07 Å². The molecule has 1 aromatic carbocycles. The number of hydrogen-bond acceptors (Lipinski definition) is 3. The Morgan fingerprint density at radius 1 is 1.30 bits per heavy atom. The van der Waals surface area contributed by atoms with Crippen LogP contribution < -0.4 is 5.32 Å². The van der Waals surface area contributed by atoms with E-state index in [1.807, 2.05) is 16.8 Å². The highest BCUT2D eigenvalue weighted by Gasteiger charge is 2.05. The molecule has 0 bridgehead atoms. The minimum absolute atomic E-state index is 0.0360. The molecule has 1 heterocycles. The Morgan fingerprint density at radius 3 is 2.85 bits per heavy atom. The van der Waals surface area contributed by atoms with Crippen molar-refractivity contribution in [1.29, 1.82) is 0 Å². The molecule has 5 heteroatoms. The summed E-state index contributed by atoms with van der Waals surface area (Å²) in [6, 6.07) is 6.48. The van der Waals surface area contributed by atoms with Gasteiger partial charge in [-0.3, -0.25) is 4.79 Å². The maximum atomic E-state index is 13.2. The fraction of sp³-hybridized carbons (Fsp3) is 0.267. The zero-order valence-corrected chi connectivity index (χ0v) is 11.8. The maximum Gasteiger partial charge on any atom is 0.220 e. The van der Waals surface area contributed by atoms with E-state index in [9.17, 15) is 9.18 Å². The molecule has 106 valence electrons. The summed E-state index contributed by atoms with van der Waals surface area (Å²) in [5.74, 6) is -0.467. The van der Waals surface area contributed by atoms with E-state index in [-0.39, 0.29) is 18.1 Å². The van der Waals surface area contributed by atoms with E-state index < -0.39 is 5.82 Å². The van der Waals surface area contributed by atoms with Gasteiger partial charge in [0, 0.05) is 18.5 Å². The maximum absolute atomic E-state index is 13.2. The summed E-state index contributed by atoms with van der Waals surface area (Å²) in [5, 5.41) is 15.8. The largest absolute Gasteiger partial charge is 0.392 e. The van der Waals surface area contributed by atoms with Crippen LogP contribution in [0.3, 0.4) is 0 Å². The lowest BCUT2D eigenvalue weighted by atomic mass is 10.1. The Balaban J connectivity index is 1.81. The first-order valence-corrected chi connectivity index (χ1v) is 7.29. The van der Waals surface area contributed by atoms with Gasteiger partial charge in [-0.25, -0.2) is 4.39 Å². The molecule has 0 aliphatic heterocycles. The first kappa shape index (κ1) is 14.7. The van der Waals surface area contributed by atoms with Crippen molar-refractivity contribution in [2.24, 2.45) is 0 Å². The van der Waals surface area contributed by atoms with Crippen LogP contribution in [0.25, 0.3) is 0 Å². The number of halogens is 1. The Morgan fingerprint density at radius 2 is 2.15 bits per heavy atom. The molecule has 3 nitrogen and oxygen atoms in total. The second-order valence-electron chi connectivity index (χ2n) is 4.49. The highest BCUT2D eigenvalue weighted by atomic mass is 32.1. The highest BCUT2D eigenvalue weighted by molar-refractivity contribution is 7.07. The Hall–Kier alpha value is -1.72. The zero-order chi connectivity index (χ0) is 14.4. The van der Waals surface area contributed by atoms with Crippen LogP contribution in [0.5, 0.6) is 0 Å². The number of thiophene rings is 1. The van der Waals surface area contributed by atoms with E-state index in [2.05, 4.69) is 5.32 Å². The number of aryl methyl sites for hydroxylation is 1. The molecule has 0 unspecified atom stereocenters. The topological polar surface area (TPSA) is 49.3 Å². The van der Waals surface area contributed by atoms with E-state index in [0.29, 0.717) is 13.0 Å². The van der Waals surface area contributed by atoms with Gasteiger partial charge in [0.2, 0.25) is 5.91 Å². The molecule has 1 aromatic heterocycles. The molecule has 0 fully saturated rings. The first-order valence-electron chi connectivity index (χ1n) is 6.35. The third kappa shape index (κ3) is 4.15. The van der Waals surface area contributed by atoms with Gasteiger partial charge >= 0.3 is 0 Å². The number of nitrogens with one attached hydrogen (secondary N) is 1. The van der Waals surface area contributed by atoms with Crippen molar-refractivity contribution in [2.75, 3.05) is 0 Å². The van der Waals surface area contributed by atoms with E-state index in [1.54, 1.807) is 23.5 Å². The normalized spacial score (nSPS) is 10.5. The van der Waals surface area contributed by atoms with Gasteiger partial charge < -0.3 is 10.4 Å². The Labute approximate surface area is 121 Å². The van der Waals surface area contributed by atoms with Crippen molar-refractivity contribution in [3.05, 3.63) is 57.5 Å². The molecule has 0 aliphatic carbocycles. The number of amides is 1. The summed E-state index contributed by atoms with van der Waals surface area (Å²) in [4.78, 5) is 11.7. The van der Waals surface area contributed by atoms with E-state index in [1.165, 1.54) is 6.07 Å². The summed E-state index contributed by atoms with van der Waals surface area (Å²) >= 11 is 1.62. The minimum Gasteiger partial charge on any atom is -0.392 e. The number of hydrogen-bond donors (Lipinski definition) is 2. The van der Waals surface area contributed by atoms with Crippen molar-refractivity contribution in [3.63, 3.8) is 0 Å². The second-order valence-corrected chi connectivity index (χ2v) is 5.27. The van der Waals surface area contributed by atoms with Crippen LogP contribution in [0.15, 0.2) is 35.0 Å². The van der Waals surface area contributed by atoms with Crippen LogP contribution >= 0.6 is 11.3 Å². The molecule has 2 N–H and O–H groups in total. The highest BCUT2D eigenvalue weighted by Crippen LogP contribution is 2.11. The predicted octanol–water partition coefficient (Wildman–Crippen LogP) is 2.63. The molecule has 0 spiro atoms. The van der Waals surface area contributed by atoms with Crippen LogP contribution in [0.2, 0.25) is 0 Å². The summed E-state index contributed by atoms with van der Waals surface area (Å²) in [5.41, 5.74) is 2.18. The standard InChI is InChI=1S/C15H16FNO2S/c16-14-3-1-12(7-13(14)9-18)8-17-15(19)4-2-11-5-6-20-10-11/h1,3,5-7,10,18H,2,4,8-9H2,(H,17,19). The minimum atomic E-state index is -0.431. The second kappa shape index (κ2) is 7.17. The molecule has 0 saturated heterocycles. The SMILES string of the molecule is O=C(CCc1ccsc1)NCc1ccc(F)c(CO)c1. The number of rotatable bonds is 6. The summed E-state index contributed by atoms with van der Waals surface area (Å²) < 4.78 is 13.2. The van der Waals surface area contributed by atoms with Crippen LogP contribution in [-0.4, -0.2) is 11.0 Å². The van der Waals surface area contributed by atoms with Gasteiger partial charge in [-0.15, -0.1) is 0 Å². The Bertz CT molecular complexity index is 569. The van der Waals surface area contributed by atoms with Crippen molar-refractivity contribution in [1.82, 2.24) is 5.32 Å². The van der Waals surface area contributed by atoms with Gasteiger partial charge in [0.15, 0.2) is 0 Å². The zero-order valence-electron chi connectivity index (χ0n) is 10.9. The monoisotopic (exact) mass is 293 g/mol. The van der Waals surface area contributed by atoms with Crippen LogP contribution in [-0.2, 0) is 24.4 Å². The fourth-order valence-electron chi connectivity index (χ4n) is 1.84. The molecule has 2 aromatic rings. The van der Waals surface area contributed by atoms with E-state index in [0.717, 1.165) is 17.5 Å². The van der Waals surface area contributed by atoms with E-state index in [4.69, 9.17) is 5.11 Å². The molecule has 20 heavy (non-hydrogen) atoms. The quantitative estimate of drug-likeness (QED) is 0.860. The summed E-state index contributed by atoms with van der Waals surface area (Å²) in [6.45, 7) is 0.00151. The fourth-order valence-corrected chi connectivity index (χ4v) is 2.54. The molecular formula is C15H16FNO2S. The third-order valence-electron chi connectivity index (χ3n) is 2.99. The first-order chi connectivity index (χ1) is 9.69. The van der Waals surface area contributed by atoms with Crippen LogP contribution in [0.4, 0.5) is 4.39 Å². The Kier molecular flexibility index (Phi) is 5.26. The van der Waals surface area contributed by atoms with Gasteiger partial charge in [0.05, 0.1) is 6.61 Å². The number of carbonyl (C=O) groups excluding carboxylic acids is 1. The van der Waals surface area contributed by atoms with Crippen molar-refractivity contribution in [3.8, 4) is 0 Å². The summed E-state index contributed by atoms with van der Waals surface area (Å²) in [7, 11) is 0. The van der Waals surface area contributed by atoms with E-state index >= 15 is 0 Å². The number of aliphatic hydroxyl groups excluding tert-OH is 1. The van der Waals surface area contributed by atoms with Crippen molar-refractivity contribution in [2.45, 2.75) is 26.0 Å². The molecule has 0 radical (unpaired) electrons. The lowest BCUT2D eigenvalue weighted by Crippen LogP contribution is -2.23. The van der Waals surface area contributed by atoms with Gasteiger partial charge in [0.25, 0.3) is 0 Å². The van der Waals surface area contributed by atoms with Crippen molar-refractivity contribution >= 4 is 17.2 Å². The average molecular weight is 293 g/mol. The third-order valence-corrected chi connectivity index (χ3v) is 3.72. The smallest absolute Gasteiger partial charge is 0.220 e. The van der Waals surface area contributed by atoms with Crippen molar-refractivity contribution < 1.29 is 14.3 Å². The number of benzene rings is 1. The van der Waals surface area contributed by atoms with Gasteiger partial charge in [0.1, 0.15) is 5.82 Å². The molecule has 0 atom stereocenters. The van der Waals surface area contributed by atoms with Gasteiger partial charge in [-0.2, -0.15) is 11.3 Å². The molecular weight excluding hydrogens is 277 g/mol. The number of carbonyl (C=O) groups is 1.